The second-order valence-corrected chi connectivity index (χ2v) is 12.1. The second kappa shape index (κ2) is 11.4. The molecule has 2 aromatic carbocycles. The standard InChI is InChI=1S/C23H30FN3O6S2/c1-18(27(34(2,29)30)22-9-5-4-8-21(22)24)23(28)25-14-17-33-19-10-12-20(13-11-19)35(31,32)26-15-6-3-7-16-26/h4-5,8-13,18H,3,6-7,14-17H2,1-2H3,(H,25,28)/t18-/m1/s1. The highest BCUT2D eigenvalue weighted by atomic mass is 32.2. The Kier molecular flexibility index (Phi) is 8.73. The third-order valence-corrected chi connectivity index (χ3v) is 8.77. The first kappa shape index (κ1) is 26.9. The van der Waals surface area contributed by atoms with Crippen LogP contribution in [0, 0.1) is 5.82 Å². The van der Waals surface area contributed by atoms with E-state index in [0.29, 0.717) is 18.8 Å². The number of hydrogen-bond acceptors (Lipinski definition) is 6. The lowest BCUT2D eigenvalue weighted by Crippen LogP contribution is -2.48. The molecule has 0 aliphatic carbocycles. The van der Waals surface area contributed by atoms with E-state index in [1.807, 2.05) is 0 Å². The number of nitrogens with one attached hydrogen (secondary N) is 1. The van der Waals surface area contributed by atoms with E-state index in [1.54, 1.807) is 12.1 Å². The lowest BCUT2D eigenvalue weighted by atomic mass is 10.2. The molecule has 0 bridgehead atoms. The molecule has 1 N–H and O–H groups in total. The van der Waals surface area contributed by atoms with Gasteiger partial charge in [-0.2, -0.15) is 4.31 Å². The van der Waals surface area contributed by atoms with Crippen LogP contribution in [-0.2, 0) is 24.8 Å². The first-order valence-corrected chi connectivity index (χ1v) is 14.6. The number of carbonyl (C=O) groups excluding carboxylic acids is 1. The summed E-state index contributed by atoms with van der Waals surface area (Å²) in [5, 5.41) is 2.58. The summed E-state index contributed by atoms with van der Waals surface area (Å²) in [6, 6.07) is 10.2. The number of para-hydroxylation sites is 1. The highest BCUT2D eigenvalue weighted by Crippen LogP contribution is 2.24. The SMILES string of the molecule is C[C@H](C(=O)NCCOc1ccc(S(=O)(=O)N2CCCCC2)cc1)N(c1ccccc1F)S(C)(=O)=O. The van der Waals surface area contributed by atoms with E-state index >= 15 is 0 Å². The van der Waals surface area contributed by atoms with Crippen LogP contribution in [0.3, 0.4) is 0 Å². The van der Waals surface area contributed by atoms with Crippen LogP contribution < -0.4 is 14.4 Å². The van der Waals surface area contributed by atoms with Crippen LogP contribution in [0.15, 0.2) is 53.4 Å². The molecule has 3 rings (SSSR count). The zero-order valence-electron chi connectivity index (χ0n) is 19.7. The van der Waals surface area contributed by atoms with Crippen LogP contribution in [0.4, 0.5) is 10.1 Å². The summed E-state index contributed by atoms with van der Waals surface area (Å²) in [4.78, 5) is 12.8. The molecule has 1 fully saturated rings. The molecule has 1 heterocycles. The number of hydrogen-bond donors (Lipinski definition) is 1. The molecule has 9 nitrogen and oxygen atoms in total. The van der Waals surface area contributed by atoms with Gasteiger partial charge in [0, 0.05) is 13.1 Å². The molecule has 0 unspecified atom stereocenters. The van der Waals surface area contributed by atoms with E-state index in [-0.39, 0.29) is 23.7 Å². The van der Waals surface area contributed by atoms with E-state index in [4.69, 9.17) is 4.74 Å². The van der Waals surface area contributed by atoms with Crippen molar-refractivity contribution in [1.82, 2.24) is 9.62 Å². The minimum Gasteiger partial charge on any atom is -0.492 e. The van der Waals surface area contributed by atoms with Crippen molar-refractivity contribution in [2.75, 3.05) is 36.8 Å². The highest BCUT2D eigenvalue weighted by Gasteiger charge is 2.31. The van der Waals surface area contributed by atoms with Crippen molar-refractivity contribution in [3.8, 4) is 5.75 Å². The van der Waals surface area contributed by atoms with Gasteiger partial charge < -0.3 is 10.1 Å². The van der Waals surface area contributed by atoms with Gasteiger partial charge in [0.25, 0.3) is 0 Å². The number of piperidine rings is 1. The van der Waals surface area contributed by atoms with Gasteiger partial charge >= 0.3 is 0 Å². The zero-order chi connectivity index (χ0) is 25.6. The molecule has 1 amide bonds. The molecule has 0 radical (unpaired) electrons. The molecular formula is C23H30FN3O6S2. The fourth-order valence-electron chi connectivity index (χ4n) is 3.86. The van der Waals surface area contributed by atoms with Crippen molar-refractivity contribution < 1.29 is 30.8 Å². The Bertz CT molecular complexity index is 1230. The number of amides is 1. The molecule has 2 aromatic rings. The van der Waals surface area contributed by atoms with Gasteiger partial charge in [-0.25, -0.2) is 21.2 Å². The van der Waals surface area contributed by atoms with Crippen LogP contribution in [0.25, 0.3) is 0 Å². The topological polar surface area (TPSA) is 113 Å². The summed E-state index contributed by atoms with van der Waals surface area (Å²) in [7, 11) is -7.46. The molecule has 0 spiro atoms. The van der Waals surface area contributed by atoms with Crippen LogP contribution in [-0.4, -0.2) is 65.6 Å². The molecule has 1 atom stereocenters. The average molecular weight is 528 g/mol. The summed E-state index contributed by atoms with van der Waals surface area (Å²) >= 11 is 0. The molecule has 0 saturated carbocycles. The first-order chi connectivity index (χ1) is 16.5. The number of nitrogens with zero attached hydrogens (tertiary/aromatic N) is 2. The maximum atomic E-state index is 14.2. The van der Waals surface area contributed by atoms with Crippen LogP contribution in [0.5, 0.6) is 5.75 Å². The maximum absolute atomic E-state index is 14.2. The predicted octanol–water partition coefficient (Wildman–Crippen LogP) is 2.35. The van der Waals surface area contributed by atoms with Crippen LogP contribution in [0.1, 0.15) is 26.2 Å². The maximum Gasteiger partial charge on any atom is 0.243 e. The fourth-order valence-corrected chi connectivity index (χ4v) is 6.56. The molecule has 12 heteroatoms. The van der Waals surface area contributed by atoms with E-state index < -0.39 is 37.8 Å². The van der Waals surface area contributed by atoms with Gasteiger partial charge in [0.1, 0.15) is 24.2 Å². The molecule has 0 aromatic heterocycles. The predicted molar refractivity (Wildman–Crippen MR) is 131 cm³/mol. The third-order valence-electron chi connectivity index (χ3n) is 5.62. The monoisotopic (exact) mass is 527 g/mol. The number of benzene rings is 2. The number of ether oxygens (including phenoxy) is 1. The van der Waals surface area contributed by atoms with Gasteiger partial charge in [-0.3, -0.25) is 9.10 Å². The summed E-state index contributed by atoms with van der Waals surface area (Å²) in [6.45, 7) is 2.53. The lowest BCUT2D eigenvalue weighted by molar-refractivity contribution is -0.121. The zero-order valence-corrected chi connectivity index (χ0v) is 21.3. The number of anilines is 1. The van der Waals surface area contributed by atoms with Gasteiger partial charge in [0.15, 0.2) is 0 Å². The fraction of sp³-hybridized carbons (Fsp3) is 0.435. The van der Waals surface area contributed by atoms with Crippen molar-refractivity contribution in [2.45, 2.75) is 37.1 Å². The molecular weight excluding hydrogens is 497 g/mol. The Balaban J connectivity index is 1.54. The van der Waals surface area contributed by atoms with Crippen molar-refractivity contribution in [2.24, 2.45) is 0 Å². The Labute approximate surface area is 206 Å². The van der Waals surface area contributed by atoms with Crippen molar-refractivity contribution in [3.05, 3.63) is 54.3 Å². The van der Waals surface area contributed by atoms with E-state index in [9.17, 15) is 26.0 Å². The quantitative estimate of drug-likeness (QED) is 0.475. The molecule has 1 aliphatic rings. The molecule has 1 aliphatic heterocycles. The van der Waals surface area contributed by atoms with E-state index in [2.05, 4.69) is 5.32 Å². The largest absolute Gasteiger partial charge is 0.492 e. The second-order valence-electron chi connectivity index (χ2n) is 8.26. The summed E-state index contributed by atoms with van der Waals surface area (Å²) < 4.78 is 71.9. The number of sulfonamides is 2. The molecule has 35 heavy (non-hydrogen) atoms. The van der Waals surface area contributed by atoms with Crippen molar-refractivity contribution in [3.63, 3.8) is 0 Å². The highest BCUT2D eigenvalue weighted by molar-refractivity contribution is 7.92. The Morgan fingerprint density at radius 2 is 1.69 bits per heavy atom. The minimum absolute atomic E-state index is 0.0614. The number of rotatable bonds is 10. The lowest BCUT2D eigenvalue weighted by Gasteiger charge is -2.28. The van der Waals surface area contributed by atoms with Gasteiger partial charge in [-0.15, -0.1) is 0 Å². The number of halogens is 1. The summed E-state index contributed by atoms with van der Waals surface area (Å²) in [6.07, 6.45) is 3.64. The third kappa shape index (κ3) is 6.71. The van der Waals surface area contributed by atoms with Gasteiger partial charge in [-0.1, -0.05) is 18.6 Å². The minimum atomic E-state index is -3.93. The Morgan fingerprint density at radius 3 is 2.29 bits per heavy atom. The van der Waals surface area contributed by atoms with Crippen molar-refractivity contribution >= 4 is 31.6 Å². The van der Waals surface area contributed by atoms with Gasteiger partial charge in [-0.05, 0) is 56.2 Å². The summed E-state index contributed by atoms with van der Waals surface area (Å²) in [5.41, 5.74) is -0.214. The van der Waals surface area contributed by atoms with Gasteiger partial charge in [0.05, 0.1) is 23.4 Å². The van der Waals surface area contributed by atoms with E-state index in [0.717, 1.165) is 35.9 Å². The van der Waals surface area contributed by atoms with Crippen LogP contribution >= 0.6 is 0 Å². The molecule has 1 saturated heterocycles. The summed E-state index contributed by atoms with van der Waals surface area (Å²) in [5.74, 6) is -0.953. The molecule has 192 valence electrons. The first-order valence-electron chi connectivity index (χ1n) is 11.3. The Morgan fingerprint density at radius 1 is 1.06 bits per heavy atom. The van der Waals surface area contributed by atoms with E-state index in [1.165, 1.54) is 41.6 Å². The van der Waals surface area contributed by atoms with Crippen LogP contribution in [0.2, 0.25) is 0 Å². The van der Waals surface area contributed by atoms with Crippen molar-refractivity contribution in [1.29, 1.82) is 0 Å². The average Bonchev–Trinajstić information content (AvgIpc) is 2.83. The Hall–Kier alpha value is -2.70. The van der Waals surface area contributed by atoms with Gasteiger partial charge in [0.2, 0.25) is 26.0 Å². The normalized spacial score (nSPS) is 15.9. The number of carbonyl (C=O) groups is 1. The smallest absolute Gasteiger partial charge is 0.243 e.